The molecular weight excluding hydrogens is 338 g/mol. The number of hydrogen-bond donors (Lipinski definition) is 1. The highest BCUT2D eigenvalue weighted by atomic mass is 32.1. The van der Waals surface area contributed by atoms with E-state index in [1.54, 1.807) is 12.1 Å². The number of anilines is 1. The molecule has 5 nitrogen and oxygen atoms in total. The van der Waals surface area contributed by atoms with Crippen LogP contribution >= 0.6 is 11.3 Å². The van der Waals surface area contributed by atoms with E-state index in [0.29, 0.717) is 16.2 Å². The molecule has 0 aliphatic heterocycles. The van der Waals surface area contributed by atoms with Gasteiger partial charge in [0.15, 0.2) is 10.9 Å². The second-order valence-electron chi connectivity index (χ2n) is 4.77. The number of fused-ring (bicyclic) bond motifs is 1. The predicted molar refractivity (Wildman–Crippen MR) is 87.0 cm³/mol. The number of rotatable bonds is 4. The smallest absolute Gasteiger partial charge is 0.261 e. The van der Waals surface area contributed by atoms with E-state index in [4.69, 9.17) is 9.47 Å². The Hall–Kier alpha value is -2.74. The highest BCUT2D eigenvalue weighted by Crippen LogP contribution is 2.30. The number of methoxy groups -OCH3 is 2. The summed E-state index contributed by atoms with van der Waals surface area (Å²) < 4.78 is 37.5. The van der Waals surface area contributed by atoms with Crippen molar-refractivity contribution in [1.29, 1.82) is 0 Å². The molecule has 0 bridgehead atoms. The van der Waals surface area contributed by atoms with Crippen molar-refractivity contribution in [3.8, 4) is 11.5 Å². The summed E-state index contributed by atoms with van der Waals surface area (Å²) in [5.41, 5.74) is 0.247. The van der Waals surface area contributed by atoms with Crippen molar-refractivity contribution in [1.82, 2.24) is 4.98 Å². The molecule has 0 radical (unpaired) electrons. The molecule has 0 fully saturated rings. The maximum absolute atomic E-state index is 13.7. The average molecular weight is 350 g/mol. The lowest BCUT2D eigenvalue weighted by molar-refractivity contribution is 0.102. The molecule has 3 rings (SSSR count). The van der Waals surface area contributed by atoms with Crippen LogP contribution in [0.3, 0.4) is 0 Å². The van der Waals surface area contributed by atoms with Gasteiger partial charge in [-0.25, -0.2) is 13.8 Å². The molecule has 0 saturated carbocycles. The van der Waals surface area contributed by atoms with Crippen molar-refractivity contribution in [2.75, 3.05) is 19.5 Å². The van der Waals surface area contributed by atoms with E-state index in [9.17, 15) is 13.6 Å². The molecule has 24 heavy (non-hydrogen) atoms. The number of carbonyl (C=O) groups is 1. The number of nitrogens with one attached hydrogen (secondary N) is 1. The molecule has 3 aromatic rings. The van der Waals surface area contributed by atoms with Gasteiger partial charge in [-0.05, 0) is 24.3 Å². The van der Waals surface area contributed by atoms with Crippen LogP contribution < -0.4 is 14.8 Å². The Morgan fingerprint density at radius 3 is 2.67 bits per heavy atom. The van der Waals surface area contributed by atoms with E-state index in [0.717, 1.165) is 23.5 Å². The van der Waals surface area contributed by atoms with Crippen LogP contribution in [0.1, 0.15) is 10.4 Å². The van der Waals surface area contributed by atoms with Crippen LogP contribution in [-0.2, 0) is 0 Å². The second-order valence-corrected chi connectivity index (χ2v) is 5.80. The van der Waals surface area contributed by atoms with E-state index in [-0.39, 0.29) is 16.2 Å². The van der Waals surface area contributed by atoms with Gasteiger partial charge in [0.05, 0.1) is 24.5 Å². The number of aromatic nitrogens is 1. The van der Waals surface area contributed by atoms with Gasteiger partial charge in [-0.2, -0.15) is 0 Å². The largest absolute Gasteiger partial charge is 0.497 e. The number of nitrogens with zero attached hydrogens (tertiary/aromatic N) is 1. The highest BCUT2D eigenvalue weighted by molar-refractivity contribution is 7.22. The monoisotopic (exact) mass is 350 g/mol. The minimum Gasteiger partial charge on any atom is -0.497 e. The van der Waals surface area contributed by atoms with Gasteiger partial charge in [-0.15, -0.1) is 0 Å². The molecule has 1 aromatic heterocycles. The number of amides is 1. The van der Waals surface area contributed by atoms with E-state index in [1.165, 1.54) is 20.3 Å². The summed E-state index contributed by atoms with van der Waals surface area (Å²) in [6.45, 7) is 0. The third kappa shape index (κ3) is 3.00. The van der Waals surface area contributed by atoms with Crippen molar-refractivity contribution in [2.45, 2.75) is 0 Å². The fourth-order valence-electron chi connectivity index (χ4n) is 2.17. The van der Waals surface area contributed by atoms with Gasteiger partial charge in [0.2, 0.25) is 0 Å². The quantitative estimate of drug-likeness (QED) is 0.777. The third-order valence-electron chi connectivity index (χ3n) is 3.28. The molecule has 0 unspecified atom stereocenters. The van der Waals surface area contributed by atoms with Crippen molar-refractivity contribution >= 4 is 32.6 Å². The molecule has 8 heteroatoms. The minimum atomic E-state index is -0.777. The summed E-state index contributed by atoms with van der Waals surface area (Å²) in [5.74, 6) is -1.13. The Labute approximate surface area is 139 Å². The molecule has 2 aromatic carbocycles. The Balaban J connectivity index is 1.94. The maximum Gasteiger partial charge on any atom is 0.261 e. The Kier molecular flexibility index (Phi) is 4.30. The van der Waals surface area contributed by atoms with Gasteiger partial charge in [-0.3, -0.25) is 10.1 Å². The summed E-state index contributed by atoms with van der Waals surface area (Å²) in [5, 5.41) is 2.72. The Morgan fingerprint density at radius 1 is 1.17 bits per heavy atom. The van der Waals surface area contributed by atoms with Crippen LogP contribution in [0.25, 0.3) is 10.2 Å². The summed E-state index contributed by atoms with van der Waals surface area (Å²) in [4.78, 5) is 16.4. The van der Waals surface area contributed by atoms with E-state index >= 15 is 0 Å². The summed E-state index contributed by atoms with van der Waals surface area (Å²) >= 11 is 0.977. The molecule has 1 amide bonds. The first kappa shape index (κ1) is 16.1. The number of carbonyl (C=O) groups excluding carboxylic acids is 1. The van der Waals surface area contributed by atoms with Crippen LogP contribution in [0, 0.1) is 11.6 Å². The molecule has 1 heterocycles. The lowest BCUT2D eigenvalue weighted by Crippen LogP contribution is -2.13. The van der Waals surface area contributed by atoms with Gasteiger partial charge in [0, 0.05) is 6.07 Å². The predicted octanol–water partition coefficient (Wildman–Crippen LogP) is 3.84. The number of thiazole rings is 1. The molecule has 0 spiro atoms. The maximum atomic E-state index is 13.7. The first-order valence-electron chi connectivity index (χ1n) is 6.81. The van der Waals surface area contributed by atoms with Crippen LogP contribution in [0.2, 0.25) is 0 Å². The Morgan fingerprint density at radius 2 is 1.96 bits per heavy atom. The summed E-state index contributed by atoms with van der Waals surface area (Å²) in [6, 6.07) is 6.69. The lowest BCUT2D eigenvalue weighted by atomic mass is 10.2. The molecular formula is C16H12F2N2O3S. The van der Waals surface area contributed by atoms with Gasteiger partial charge in [-0.1, -0.05) is 11.3 Å². The van der Waals surface area contributed by atoms with Gasteiger partial charge in [0.1, 0.15) is 22.8 Å². The first-order valence-corrected chi connectivity index (χ1v) is 7.62. The zero-order valence-corrected chi connectivity index (χ0v) is 13.5. The average Bonchev–Trinajstić information content (AvgIpc) is 2.96. The van der Waals surface area contributed by atoms with Crippen LogP contribution in [0.15, 0.2) is 30.3 Å². The molecule has 124 valence electrons. The van der Waals surface area contributed by atoms with E-state index in [1.807, 2.05) is 0 Å². The minimum absolute atomic E-state index is 0.00862. The third-order valence-corrected chi connectivity index (χ3v) is 4.20. The topological polar surface area (TPSA) is 60.5 Å². The van der Waals surface area contributed by atoms with Crippen LogP contribution in [0.4, 0.5) is 13.9 Å². The molecule has 1 N–H and O–H groups in total. The molecule has 0 saturated heterocycles. The van der Waals surface area contributed by atoms with Crippen molar-refractivity contribution in [3.63, 3.8) is 0 Å². The van der Waals surface area contributed by atoms with Crippen LogP contribution in [-0.4, -0.2) is 25.1 Å². The zero-order valence-electron chi connectivity index (χ0n) is 12.7. The molecule has 0 atom stereocenters. The van der Waals surface area contributed by atoms with Crippen LogP contribution in [0.5, 0.6) is 11.5 Å². The SMILES string of the molecule is COc1ccc(OC)c(C(=O)Nc2nc3c(F)cc(F)cc3s2)c1. The fourth-order valence-corrected chi connectivity index (χ4v) is 3.07. The number of ether oxygens (including phenoxy) is 2. The standard InChI is InChI=1S/C16H12F2N2O3S/c1-22-9-3-4-12(23-2)10(7-9)15(21)20-16-19-14-11(18)5-8(17)6-13(14)24-16/h3-7H,1-2H3,(H,19,20,21). The summed E-state index contributed by atoms with van der Waals surface area (Å²) in [7, 11) is 2.92. The Bertz CT molecular complexity index is 927. The van der Waals surface area contributed by atoms with Gasteiger partial charge < -0.3 is 9.47 Å². The van der Waals surface area contributed by atoms with E-state index in [2.05, 4.69) is 10.3 Å². The zero-order chi connectivity index (χ0) is 17.3. The number of benzene rings is 2. The molecule has 0 aliphatic carbocycles. The van der Waals surface area contributed by atoms with Crippen molar-refractivity contribution in [2.24, 2.45) is 0 Å². The highest BCUT2D eigenvalue weighted by Gasteiger charge is 2.17. The van der Waals surface area contributed by atoms with Gasteiger partial charge >= 0.3 is 0 Å². The number of halogens is 2. The molecule has 0 aliphatic rings. The number of hydrogen-bond acceptors (Lipinski definition) is 5. The van der Waals surface area contributed by atoms with Crippen molar-refractivity contribution < 1.29 is 23.0 Å². The van der Waals surface area contributed by atoms with Crippen molar-refractivity contribution in [3.05, 3.63) is 47.5 Å². The normalized spacial score (nSPS) is 10.7. The fraction of sp³-hybridized carbons (Fsp3) is 0.125. The lowest BCUT2D eigenvalue weighted by Gasteiger charge is -2.09. The first-order chi connectivity index (χ1) is 11.5. The summed E-state index contributed by atoms with van der Waals surface area (Å²) in [6.07, 6.45) is 0. The van der Waals surface area contributed by atoms with E-state index < -0.39 is 17.5 Å². The second kappa shape index (κ2) is 6.40. The van der Waals surface area contributed by atoms with Gasteiger partial charge in [0.25, 0.3) is 5.91 Å².